The van der Waals surface area contributed by atoms with Gasteiger partial charge in [0.1, 0.15) is 5.84 Å². The van der Waals surface area contributed by atoms with E-state index in [1.54, 1.807) is 44.3 Å². The number of methoxy groups -OCH3 is 1. The van der Waals surface area contributed by atoms with Gasteiger partial charge < -0.3 is 25.5 Å². The maximum atomic E-state index is 12.7. The van der Waals surface area contributed by atoms with Gasteiger partial charge in [-0.2, -0.15) is 0 Å². The van der Waals surface area contributed by atoms with E-state index in [-0.39, 0.29) is 18.4 Å². The fourth-order valence-electron chi connectivity index (χ4n) is 2.90. The third-order valence-corrected chi connectivity index (χ3v) is 4.59. The molecule has 166 valence electrons. The molecule has 3 N–H and O–H groups in total. The van der Waals surface area contributed by atoms with Crippen molar-refractivity contribution in [3.05, 3.63) is 47.2 Å². The van der Waals surface area contributed by atoms with Crippen molar-refractivity contribution in [2.45, 2.75) is 33.1 Å². The molecule has 2 rings (SSSR count). The topological polar surface area (TPSA) is 113 Å². The maximum Gasteiger partial charge on any atom is 0.339 e. The molecule has 1 fully saturated rings. The molecule has 0 spiro atoms. The van der Waals surface area contributed by atoms with Crippen molar-refractivity contribution in [3.63, 3.8) is 0 Å². The molecule has 0 aromatic heterocycles. The van der Waals surface area contributed by atoms with Gasteiger partial charge in [-0.3, -0.25) is 9.79 Å². The molecule has 0 atom stereocenters. The lowest BCUT2D eigenvalue weighted by molar-refractivity contribution is -0.138. The quantitative estimate of drug-likeness (QED) is 0.174. The smallest absolute Gasteiger partial charge is 0.339 e. The number of para-hydroxylation sites is 1. The van der Waals surface area contributed by atoms with Gasteiger partial charge in [-0.1, -0.05) is 19.1 Å². The molecule has 1 aliphatic carbocycles. The number of carbonyl (C=O) groups is 2. The molecule has 0 bridgehead atoms. The minimum Gasteiger partial charge on any atom is -0.494 e. The van der Waals surface area contributed by atoms with Crippen LogP contribution in [0.15, 0.2) is 46.6 Å². The first-order valence-electron chi connectivity index (χ1n) is 10.3. The summed E-state index contributed by atoms with van der Waals surface area (Å²) in [5.74, 6) is 0.223. The summed E-state index contributed by atoms with van der Waals surface area (Å²) in [4.78, 5) is 29.1. The Morgan fingerprint density at radius 1 is 1.29 bits per heavy atom. The maximum absolute atomic E-state index is 12.7. The van der Waals surface area contributed by atoms with Crippen molar-refractivity contribution < 1.29 is 19.1 Å². The van der Waals surface area contributed by atoms with Gasteiger partial charge in [-0.25, -0.2) is 4.79 Å². The van der Waals surface area contributed by atoms with Crippen LogP contribution in [0, 0.1) is 11.3 Å². The number of amidine groups is 1. The molecule has 1 aromatic carbocycles. The van der Waals surface area contributed by atoms with Crippen LogP contribution in [0.5, 0.6) is 5.75 Å². The number of ether oxygens (including phenoxy) is 2. The van der Waals surface area contributed by atoms with Crippen LogP contribution in [0.25, 0.3) is 0 Å². The molecule has 0 aliphatic heterocycles. The fraction of sp³-hybridized carbons (Fsp3) is 0.391. The summed E-state index contributed by atoms with van der Waals surface area (Å²) >= 11 is 0. The first-order chi connectivity index (χ1) is 15.0. The second-order valence-corrected chi connectivity index (χ2v) is 6.87. The predicted octanol–water partition coefficient (Wildman–Crippen LogP) is 3.44. The van der Waals surface area contributed by atoms with Gasteiger partial charge in [0.25, 0.3) is 0 Å². The van der Waals surface area contributed by atoms with Crippen LogP contribution in [-0.2, 0) is 14.3 Å². The second kappa shape index (κ2) is 11.7. The zero-order valence-electron chi connectivity index (χ0n) is 18.5. The normalized spacial score (nSPS) is 14.6. The van der Waals surface area contributed by atoms with Gasteiger partial charge in [0, 0.05) is 30.8 Å². The Labute approximate surface area is 182 Å². The van der Waals surface area contributed by atoms with E-state index in [1.165, 1.54) is 13.3 Å². The first-order valence-corrected chi connectivity index (χ1v) is 10.3. The molecule has 1 aliphatic rings. The van der Waals surface area contributed by atoms with Crippen LogP contribution in [0.2, 0.25) is 0 Å². The van der Waals surface area contributed by atoms with Crippen LogP contribution in [0.4, 0.5) is 5.69 Å². The average molecular weight is 427 g/mol. The highest BCUT2D eigenvalue weighted by molar-refractivity contribution is 6.07. The molecule has 1 saturated carbocycles. The van der Waals surface area contributed by atoms with Gasteiger partial charge in [-0.05, 0) is 38.3 Å². The van der Waals surface area contributed by atoms with Crippen molar-refractivity contribution in [3.8, 4) is 5.75 Å². The molecule has 1 aromatic rings. The SMILES string of the molecule is CC/C=C(C(=O)OCC)/C(=C\C(=N/C)NC(=O)C1CC1)Nc1cccc(C=N)c1OC. The van der Waals surface area contributed by atoms with Gasteiger partial charge in [0.05, 0.1) is 30.7 Å². The summed E-state index contributed by atoms with van der Waals surface area (Å²) in [6.07, 6.45) is 6.88. The Hall–Kier alpha value is -3.42. The van der Waals surface area contributed by atoms with Crippen LogP contribution in [0.3, 0.4) is 0 Å². The van der Waals surface area contributed by atoms with Gasteiger partial charge in [0.2, 0.25) is 5.91 Å². The Morgan fingerprint density at radius 3 is 2.58 bits per heavy atom. The van der Waals surface area contributed by atoms with E-state index < -0.39 is 5.97 Å². The van der Waals surface area contributed by atoms with Crippen LogP contribution in [0.1, 0.15) is 38.7 Å². The third kappa shape index (κ3) is 6.53. The largest absolute Gasteiger partial charge is 0.494 e. The van der Waals surface area contributed by atoms with Crippen LogP contribution < -0.4 is 15.4 Å². The summed E-state index contributed by atoms with van der Waals surface area (Å²) < 4.78 is 10.7. The summed E-state index contributed by atoms with van der Waals surface area (Å²) in [7, 11) is 3.08. The molecular formula is C23H30N4O4. The molecule has 0 unspecified atom stereocenters. The number of rotatable bonds is 10. The van der Waals surface area contributed by atoms with E-state index in [1.807, 2.05) is 6.92 Å². The van der Waals surface area contributed by atoms with E-state index in [0.717, 1.165) is 12.8 Å². The Balaban J connectivity index is 2.51. The molecule has 31 heavy (non-hydrogen) atoms. The van der Waals surface area contributed by atoms with Crippen LogP contribution >= 0.6 is 0 Å². The number of allylic oxidation sites excluding steroid dienone is 1. The highest BCUT2D eigenvalue weighted by Gasteiger charge is 2.30. The Bertz CT molecular complexity index is 914. The first kappa shape index (κ1) is 23.9. The number of nitrogens with zero attached hydrogens (tertiary/aromatic N) is 1. The molecular weight excluding hydrogens is 396 g/mol. The second-order valence-electron chi connectivity index (χ2n) is 6.87. The van der Waals surface area contributed by atoms with E-state index >= 15 is 0 Å². The van der Waals surface area contributed by atoms with E-state index in [9.17, 15) is 9.59 Å². The number of anilines is 1. The number of hydrogen-bond donors (Lipinski definition) is 3. The number of esters is 1. The Morgan fingerprint density at radius 2 is 2.03 bits per heavy atom. The minimum atomic E-state index is -0.491. The van der Waals surface area contributed by atoms with E-state index in [0.29, 0.717) is 40.5 Å². The van der Waals surface area contributed by atoms with Crippen molar-refractivity contribution in [1.29, 1.82) is 5.41 Å². The standard InChI is InChI=1S/C23H30N4O4/c1-5-8-17(23(29)31-6-2)19(13-20(25-3)27-22(28)15-11-12-15)26-18-10-7-9-16(14-24)21(18)30-4/h7-10,13-15,24,26H,5-6,11-12H2,1-4H3,(H,25,27,28)/b17-8-,19-13+,24-14?. The molecule has 0 saturated heterocycles. The van der Waals surface area contributed by atoms with Crippen molar-refractivity contribution in [2.75, 3.05) is 26.1 Å². The summed E-state index contributed by atoms with van der Waals surface area (Å²) in [6.45, 7) is 3.88. The number of aliphatic imine (C=N–C) groups is 1. The van der Waals surface area contributed by atoms with E-state index in [2.05, 4.69) is 15.6 Å². The van der Waals surface area contributed by atoms with Crippen molar-refractivity contribution in [2.24, 2.45) is 10.9 Å². The van der Waals surface area contributed by atoms with Crippen molar-refractivity contribution in [1.82, 2.24) is 5.32 Å². The molecule has 0 radical (unpaired) electrons. The van der Waals surface area contributed by atoms with Crippen LogP contribution in [-0.4, -0.2) is 44.7 Å². The monoisotopic (exact) mass is 426 g/mol. The minimum absolute atomic E-state index is 0.0154. The summed E-state index contributed by atoms with van der Waals surface area (Å²) in [5, 5.41) is 13.6. The highest BCUT2D eigenvalue weighted by Crippen LogP contribution is 2.31. The molecule has 1 amide bonds. The summed E-state index contributed by atoms with van der Waals surface area (Å²) in [6, 6.07) is 5.31. The van der Waals surface area contributed by atoms with E-state index in [4.69, 9.17) is 14.9 Å². The zero-order valence-corrected chi connectivity index (χ0v) is 18.5. The summed E-state index contributed by atoms with van der Waals surface area (Å²) in [5.41, 5.74) is 1.85. The average Bonchev–Trinajstić information content (AvgIpc) is 3.61. The van der Waals surface area contributed by atoms with Crippen molar-refractivity contribution >= 4 is 29.6 Å². The zero-order chi connectivity index (χ0) is 22.8. The number of amides is 1. The lowest BCUT2D eigenvalue weighted by atomic mass is 10.1. The molecule has 0 heterocycles. The highest BCUT2D eigenvalue weighted by atomic mass is 16.5. The molecule has 8 nitrogen and oxygen atoms in total. The number of benzene rings is 1. The fourth-order valence-corrected chi connectivity index (χ4v) is 2.90. The number of hydrogen-bond acceptors (Lipinski definition) is 7. The van der Waals surface area contributed by atoms with Gasteiger partial charge >= 0.3 is 5.97 Å². The Kier molecular flexibility index (Phi) is 8.99. The lowest BCUT2D eigenvalue weighted by Crippen LogP contribution is -2.31. The predicted molar refractivity (Wildman–Crippen MR) is 122 cm³/mol. The number of carbonyl (C=O) groups excluding carboxylic acids is 2. The van der Waals surface area contributed by atoms with Gasteiger partial charge in [0.15, 0.2) is 5.75 Å². The van der Waals surface area contributed by atoms with Gasteiger partial charge in [-0.15, -0.1) is 0 Å². The number of nitrogens with one attached hydrogen (secondary N) is 3. The third-order valence-electron chi connectivity index (χ3n) is 4.59. The molecule has 8 heteroatoms. The lowest BCUT2D eigenvalue weighted by Gasteiger charge is -2.18.